The number of carbonyl (C=O) groups is 1. The molecule has 3 heteroatoms. The molecular weight excluding hydrogens is 178 g/mol. The maximum absolute atomic E-state index is 9.25. The van der Waals surface area contributed by atoms with E-state index in [9.17, 15) is 4.79 Å². The van der Waals surface area contributed by atoms with Crippen molar-refractivity contribution in [2.45, 2.75) is 6.92 Å². The van der Waals surface area contributed by atoms with E-state index >= 15 is 0 Å². The Hall–Kier alpha value is -2.08. The Morgan fingerprint density at radius 3 is 1.57 bits per heavy atom. The van der Waals surface area contributed by atoms with E-state index in [2.05, 4.69) is 26.3 Å². The summed E-state index contributed by atoms with van der Waals surface area (Å²) in [6.45, 7) is 15.0. The van der Waals surface area contributed by atoms with Crippen molar-refractivity contribution >= 4 is 5.97 Å². The van der Waals surface area contributed by atoms with Gasteiger partial charge in [0.25, 0.3) is 0 Å². The average molecular weight is 193 g/mol. The molecule has 14 heavy (non-hydrogen) atoms. The maximum Gasteiger partial charge on any atom is 0.327 e. The van der Waals surface area contributed by atoms with Crippen LogP contribution in [0.4, 0.5) is 0 Å². The van der Waals surface area contributed by atoms with Gasteiger partial charge in [-0.15, -0.1) is 0 Å². The molecule has 0 radical (unpaired) electrons. The standard InChI is InChI=1S/C5H8.C3H3N.C3H4O2/c1-4-5(2)3;1-2-3-4;1-2-3(4)5/h4H,1-2H2,3H3;2H,1H2;2H,1H2,(H,4,5). The van der Waals surface area contributed by atoms with E-state index in [1.807, 2.05) is 6.92 Å². The van der Waals surface area contributed by atoms with E-state index < -0.39 is 5.97 Å². The minimum Gasteiger partial charge on any atom is -0.478 e. The highest BCUT2D eigenvalue weighted by Gasteiger charge is 1.73. The second-order valence-corrected chi connectivity index (χ2v) is 1.93. The SMILES string of the molecule is C=CC#N.C=CC(=C)C.C=CC(=O)O. The van der Waals surface area contributed by atoms with Gasteiger partial charge in [-0.3, -0.25) is 0 Å². The smallest absolute Gasteiger partial charge is 0.327 e. The van der Waals surface area contributed by atoms with Crippen molar-refractivity contribution in [3.63, 3.8) is 0 Å². The van der Waals surface area contributed by atoms with Gasteiger partial charge in [0.05, 0.1) is 6.07 Å². The number of carboxylic acids is 1. The molecule has 76 valence electrons. The van der Waals surface area contributed by atoms with Gasteiger partial charge in [0.15, 0.2) is 0 Å². The molecular formula is C11H15NO2. The van der Waals surface area contributed by atoms with Crippen LogP contribution in [-0.4, -0.2) is 11.1 Å². The molecule has 0 spiro atoms. The zero-order valence-corrected chi connectivity index (χ0v) is 8.36. The Balaban J connectivity index is -0.000000131. The summed E-state index contributed by atoms with van der Waals surface area (Å²) in [6.07, 6.45) is 3.74. The Labute approximate surface area is 85.0 Å². The van der Waals surface area contributed by atoms with Crippen LogP contribution >= 0.6 is 0 Å². The predicted molar refractivity (Wildman–Crippen MR) is 58.7 cm³/mol. The third-order valence-electron chi connectivity index (χ3n) is 0.614. The molecule has 0 aromatic heterocycles. The quantitative estimate of drug-likeness (QED) is 0.416. The molecule has 0 rings (SSSR count). The van der Waals surface area contributed by atoms with Gasteiger partial charge < -0.3 is 5.11 Å². The van der Waals surface area contributed by atoms with Crippen LogP contribution in [-0.2, 0) is 4.79 Å². The van der Waals surface area contributed by atoms with Crippen molar-refractivity contribution in [2.24, 2.45) is 0 Å². The highest BCUT2D eigenvalue weighted by Crippen LogP contribution is 1.81. The van der Waals surface area contributed by atoms with E-state index in [1.165, 1.54) is 6.08 Å². The normalized spacial score (nSPS) is 5.71. The van der Waals surface area contributed by atoms with E-state index in [-0.39, 0.29) is 0 Å². The first-order valence-corrected chi connectivity index (χ1v) is 3.60. The second kappa shape index (κ2) is 17.1. The van der Waals surface area contributed by atoms with E-state index in [4.69, 9.17) is 10.4 Å². The molecule has 0 saturated carbocycles. The molecule has 0 aliphatic heterocycles. The van der Waals surface area contributed by atoms with Crippen molar-refractivity contribution in [1.82, 2.24) is 0 Å². The number of rotatable bonds is 2. The van der Waals surface area contributed by atoms with E-state index in [0.29, 0.717) is 0 Å². The number of hydrogen-bond acceptors (Lipinski definition) is 2. The molecule has 0 aromatic carbocycles. The second-order valence-electron chi connectivity index (χ2n) is 1.93. The van der Waals surface area contributed by atoms with Gasteiger partial charge >= 0.3 is 5.97 Å². The van der Waals surface area contributed by atoms with Crippen LogP contribution in [0.3, 0.4) is 0 Å². The van der Waals surface area contributed by atoms with Crippen LogP contribution in [0, 0.1) is 11.3 Å². The molecule has 0 aliphatic carbocycles. The Bertz CT molecular complexity index is 229. The van der Waals surface area contributed by atoms with Crippen LogP contribution < -0.4 is 0 Å². The molecule has 0 aromatic rings. The first-order valence-electron chi connectivity index (χ1n) is 3.60. The fourth-order valence-electron chi connectivity index (χ4n) is 0. The van der Waals surface area contributed by atoms with Crippen molar-refractivity contribution in [3.8, 4) is 6.07 Å². The van der Waals surface area contributed by atoms with Gasteiger partial charge in [-0.2, -0.15) is 5.26 Å². The number of nitrogens with zero attached hydrogens (tertiary/aromatic N) is 1. The summed E-state index contributed by atoms with van der Waals surface area (Å²) in [5.41, 5.74) is 1.02. The number of allylic oxidation sites excluding steroid dienone is 3. The molecule has 0 heterocycles. The Morgan fingerprint density at radius 2 is 1.57 bits per heavy atom. The molecule has 1 N–H and O–H groups in total. The summed E-state index contributed by atoms with van der Waals surface area (Å²) in [5, 5.41) is 15.1. The summed E-state index contributed by atoms with van der Waals surface area (Å²) in [4.78, 5) is 9.25. The Kier molecular flexibility index (Phi) is 21.9. The van der Waals surface area contributed by atoms with Gasteiger partial charge in [-0.05, 0) is 6.92 Å². The molecule has 0 atom stereocenters. The third kappa shape index (κ3) is 92.6. The minimum absolute atomic E-state index is 0.833. The van der Waals surface area contributed by atoms with Crippen molar-refractivity contribution in [3.05, 3.63) is 50.1 Å². The fourth-order valence-corrected chi connectivity index (χ4v) is 0. The van der Waals surface area contributed by atoms with Crippen LogP contribution in [0.25, 0.3) is 0 Å². The molecule has 0 saturated heterocycles. The largest absolute Gasteiger partial charge is 0.478 e. The van der Waals surface area contributed by atoms with Gasteiger partial charge in [-0.1, -0.05) is 38.0 Å². The highest BCUT2D eigenvalue weighted by atomic mass is 16.4. The first kappa shape index (κ1) is 17.9. The van der Waals surface area contributed by atoms with Gasteiger partial charge in [0.2, 0.25) is 0 Å². The zero-order valence-electron chi connectivity index (χ0n) is 8.36. The average Bonchev–Trinajstić information content (AvgIpc) is 2.19. The molecule has 0 aliphatic rings. The van der Waals surface area contributed by atoms with Crippen LogP contribution in [0.1, 0.15) is 6.92 Å². The topological polar surface area (TPSA) is 61.1 Å². The lowest BCUT2D eigenvalue weighted by atomic mass is 10.4. The van der Waals surface area contributed by atoms with Gasteiger partial charge in [-0.25, -0.2) is 4.79 Å². The van der Waals surface area contributed by atoms with E-state index in [0.717, 1.165) is 11.6 Å². The highest BCUT2D eigenvalue weighted by molar-refractivity contribution is 5.78. The summed E-state index contributed by atoms with van der Waals surface area (Å²) in [6, 6.07) is 1.69. The first-order chi connectivity index (χ1) is 6.45. The zero-order chi connectivity index (χ0) is 12.0. The lowest BCUT2D eigenvalue weighted by molar-refractivity contribution is -0.131. The van der Waals surface area contributed by atoms with Crippen LogP contribution in [0.2, 0.25) is 0 Å². The summed E-state index contributed by atoms with van der Waals surface area (Å²) in [7, 11) is 0. The number of nitriles is 1. The van der Waals surface area contributed by atoms with Crippen LogP contribution in [0.5, 0.6) is 0 Å². The maximum atomic E-state index is 9.25. The van der Waals surface area contributed by atoms with Crippen molar-refractivity contribution in [1.29, 1.82) is 5.26 Å². The predicted octanol–water partition coefficient (Wildman–Crippen LogP) is 2.70. The summed E-state index contributed by atoms with van der Waals surface area (Å²) < 4.78 is 0. The number of carboxylic acid groups (broad SMARTS) is 1. The van der Waals surface area contributed by atoms with Crippen molar-refractivity contribution < 1.29 is 9.90 Å². The molecule has 3 nitrogen and oxygen atoms in total. The third-order valence-corrected chi connectivity index (χ3v) is 0.614. The number of aliphatic carboxylic acids is 1. The van der Waals surface area contributed by atoms with Crippen LogP contribution in [0.15, 0.2) is 50.1 Å². The van der Waals surface area contributed by atoms with Gasteiger partial charge in [0.1, 0.15) is 0 Å². The summed E-state index contributed by atoms with van der Waals surface area (Å²) >= 11 is 0. The van der Waals surface area contributed by atoms with Gasteiger partial charge in [0, 0.05) is 12.2 Å². The molecule has 0 unspecified atom stereocenters. The fraction of sp³-hybridized carbons (Fsp3) is 0.0909. The molecule has 0 amide bonds. The lowest BCUT2D eigenvalue weighted by Crippen LogP contribution is -1.82. The summed E-state index contributed by atoms with van der Waals surface area (Å²) in [5.74, 6) is -0.981. The Morgan fingerprint density at radius 1 is 1.36 bits per heavy atom. The lowest BCUT2D eigenvalue weighted by Gasteiger charge is -1.71. The van der Waals surface area contributed by atoms with Crippen molar-refractivity contribution in [2.75, 3.05) is 0 Å². The van der Waals surface area contributed by atoms with E-state index in [1.54, 1.807) is 12.1 Å². The minimum atomic E-state index is -0.981. The molecule has 0 bridgehead atoms. The number of hydrogen-bond donors (Lipinski definition) is 1. The molecule has 0 fully saturated rings. The monoisotopic (exact) mass is 193 g/mol.